The Kier molecular flexibility index (Phi) is 7.45. The third kappa shape index (κ3) is 4.65. The zero-order valence-electron chi connectivity index (χ0n) is 27.6. The van der Waals surface area contributed by atoms with Gasteiger partial charge in [0.05, 0.1) is 0 Å². The number of anilines is 1. The maximum absolute atomic E-state index is 4.58. The van der Waals surface area contributed by atoms with Gasteiger partial charge in [0.2, 0.25) is 0 Å². The average Bonchev–Trinajstić information content (AvgIpc) is 3.07. The minimum atomic E-state index is -2.63. The van der Waals surface area contributed by atoms with Crippen molar-refractivity contribution in [2.45, 2.75) is 45.1 Å². The van der Waals surface area contributed by atoms with E-state index in [1.807, 2.05) is 14.1 Å². The van der Waals surface area contributed by atoms with Crippen LogP contribution >= 0.6 is 0 Å². The van der Waals surface area contributed by atoms with E-state index in [0.717, 1.165) is 18.6 Å². The summed E-state index contributed by atoms with van der Waals surface area (Å²) < 4.78 is 3.04. The van der Waals surface area contributed by atoms with Gasteiger partial charge in [-0.25, -0.2) is 0 Å². The first-order valence-corrected chi connectivity index (χ1v) is 22.6. The number of nitrogens with zero attached hydrogens (tertiary/aromatic N) is 1. The molecule has 45 heavy (non-hydrogen) atoms. The van der Waals surface area contributed by atoms with Gasteiger partial charge >= 0.3 is 247 Å². The van der Waals surface area contributed by atoms with Crippen LogP contribution in [0.15, 0.2) is 112 Å². The Labute approximate surface area is 270 Å². The Hall–Kier alpha value is -4.15. The number of benzene rings is 5. The van der Waals surface area contributed by atoms with E-state index in [-0.39, 0.29) is 0 Å². The molecule has 224 valence electrons. The Morgan fingerprint density at radius 2 is 1.38 bits per heavy atom. The summed E-state index contributed by atoms with van der Waals surface area (Å²) >= 11 is -2.63. The van der Waals surface area contributed by atoms with E-state index in [4.69, 9.17) is 0 Å². The van der Waals surface area contributed by atoms with Crippen molar-refractivity contribution in [1.29, 1.82) is 0 Å². The van der Waals surface area contributed by atoms with Crippen molar-refractivity contribution in [2.75, 3.05) is 19.4 Å². The molecule has 0 saturated carbocycles. The predicted molar refractivity (Wildman–Crippen MR) is 200 cm³/mol. The molecule has 3 heteroatoms. The molecule has 0 unspecified atom stereocenters. The molecule has 0 radical (unpaired) electrons. The van der Waals surface area contributed by atoms with Gasteiger partial charge in [-0.05, 0) is 0 Å². The molecule has 0 bridgehead atoms. The molecular formula is C42H42GeN2. The molecule has 2 nitrogen and oxygen atoms in total. The van der Waals surface area contributed by atoms with Crippen molar-refractivity contribution < 1.29 is 0 Å². The van der Waals surface area contributed by atoms with Crippen LogP contribution in [0.4, 0.5) is 5.69 Å². The molecule has 0 fully saturated rings. The molecule has 0 atom stereocenters. The molecule has 1 N–H and O–H groups in total. The maximum atomic E-state index is 4.58. The van der Waals surface area contributed by atoms with Crippen molar-refractivity contribution in [3.63, 3.8) is 0 Å². The molecule has 5 aromatic rings. The topological polar surface area (TPSA) is 24.4 Å². The van der Waals surface area contributed by atoms with Crippen molar-refractivity contribution in [2.24, 2.45) is 4.99 Å². The number of hydrogen-bond acceptors (Lipinski definition) is 2. The van der Waals surface area contributed by atoms with Gasteiger partial charge in [0.15, 0.2) is 0 Å². The van der Waals surface area contributed by atoms with Crippen LogP contribution in [0.2, 0.25) is 11.5 Å². The zero-order valence-corrected chi connectivity index (χ0v) is 29.7. The minimum absolute atomic E-state index is 1.01. The number of aliphatic imine (C=N–C) groups is 1. The van der Waals surface area contributed by atoms with Gasteiger partial charge in [-0.2, -0.15) is 0 Å². The summed E-state index contributed by atoms with van der Waals surface area (Å²) in [6.07, 6.45) is 8.93. The van der Waals surface area contributed by atoms with E-state index in [2.05, 4.69) is 140 Å². The first-order valence-electron chi connectivity index (χ1n) is 16.3. The van der Waals surface area contributed by atoms with Crippen LogP contribution in [0.3, 0.4) is 0 Å². The SMILES string of the molecule is CCc1c2ccccc2c(CC)c2cc(-c3ccc(C)c(C4=C5C=CC(=NC)C=[C]5[Ge]([CH3])([CH3])[c]5cc(NC)ccc54)c3)ccc12. The van der Waals surface area contributed by atoms with E-state index >= 15 is 0 Å². The van der Waals surface area contributed by atoms with Gasteiger partial charge in [0.1, 0.15) is 0 Å². The van der Waals surface area contributed by atoms with Crippen LogP contribution in [0.25, 0.3) is 38.2 Å². The normalized spacial score (nSPS) is 16.2. The van der Waals surface area contributed by atoms with Crippen molar-refractivity contribution in [3.05, 3.63) is 135 Å². The van der Waals surface area contributed by atoms with E-state index < -0.39 is 13.3 Å². The van der Waals surface area contributed by atoms with E-state index in [9.17, 15) is 0 Å². The fraction of sp³-hybridized carbons (Fsp3) is 0.214. The first kappa shape index (κ1) is 29.6. The van der Waals surface area contributed by atoms with Crippen LogP contribution in [0.1, 0.15) is 41.7 Å². The Morgan fingerprint density at radius 3 is 2.07 bits per heavy atom. The van der Waals surface area contributed by atoms with Gasteiger partial charge in [-0.3, -0.25) is 0 Å². The molecule has 0 spiro atoms. The summed E-state index contributed by atoms with van der Waals surface area (Å²) in [4.78, 5) is 4.58. The fourth-order valence-electron chi connectivity index (χ4n) is 7.79. The second-order valence-electron chi connectivity index (χ2n) is 13.0. The molecule has 0 saturated heterocycles. The van der Waals surface area contributed by atoms with Crippen molar-refractivity contribution in [1.82, 2.24) is 0 Å². The standard InChI is InChI=1S/C42H42GeN2/c1-8-31-33-12-10-11-13-34(33)32(9-2)39-23-28(16-19-35(31)39)27-15-14-26(3)38(22-27)42-36-20-17-29(44-6)24-40(36)43(4,5)41-25-30(45-7)18-21-37(41)42/h10-25,44H,8-9H2,1-7H3. The van der Waals surface area contributed by atoms with Crippen molar-refractivity contribution >= 4 is 56.2 Å². The molecular weight excluding hydrogens is 605 g/mol. The summed E-state index contributed by atoms with van der Waals surface area (Å²) in [6, 6.07) is 30.2. The number of rotatable bonds is 5. The fourth-order valence-corrected chi connectivity index (χ4v) is 14.2. The molecule has 5 aromatic carbocycles. The van der Waals surface area contributed by atoms with Crippen molar-refractivity contribution in [3.8, 4) is 11.1 Å². The van der Waals surface area contributed by atoms with E-state index in [1.165, 1.54) is 86.1 Å². The molecule has 1 aliphatic heterocycles. The third-order valence-corrected chi connectivity index (χ3v) is 17.6. The average molecular weight is 647 g/mol. The molecule has 7 rings (SSSR count). The number of fused-ring (bicyclic) bond motifs is 4. The summed E-state index contributed by atoms with van der Waals surface area (Å²) in [6.45, 7) is 6.84. The van der Waals surface area contributed by atoms with Crippen LogP contribution in [0, 0.1) is 6.92 Å². The molecule has 2 aliphatic rings. The van der Waals surface area contributed by atoms with Crippen LogP contribution in [-0.4, -0.2) is 33.1 Å². The summed E-state index contributed by atoms with van der Waals surface area (Å²) in [5, 5.41) is 8.97. The number of aryl methyl sites for hydroxylation is 3. The quantitative estimate of drug-likeness (QED) is 0.149. The summed E-state index contributed by atoms with van der Waals surface area (Å²) in [7, 11) is 3.92. The molecule has 1 heterocycles. The van der Waals surface area contributed by atoms with E-state index in [1.54, 1.807) is 0 Å². The van der Waals surface area contributed by atoms with Crippen LogP contribution in [-0.2, 0) is 12.8 Å². The van der Waals surface area contributed by atoms with Gasteiger partial charge in [0, 0.05) is 0 Å². The first-order chi connectivity index (χ1) is 21.8. The summed E-state index contributed by atoms with van der Waals surface area (Å²) in [5.74, 6) is 5.07. The van der Waals surface area contributed by atoms with Gasteiger partial charge in [0.25, 0.3) is 0 Å². The number of allylic oxidation sites excluding steroid dienone is 5. The Balaban J connectivity index is 1.47. The predicted octanol–water partition coefficient (Wildman–Crippen LogP) is 9.97. The van der Waals surface area contributed by atoms with Crippen LogP contribution < -0.4 is 9.71 Å². The summed E-state index contributed by atoms with van der Waals surface area (Å²) in [5.41, 5.74) is 14.4. The molecule has 0 aromatic heterocycles. The Bertz CT molecular complexity index is 2160. The second kappa shape index (κ2) is 11.3. The van der Waals surface area contributed by atoms with Gasteiger partial charge in [-0.15, -0.1) is 0 Å². The van der Waals surface area contributed by atoms with Crippen LogP contribution in [0.5, 0.6) is 0 Å². The molecule has 1 aliphatic carbocycles. The second-order valence-corrected chi connectivity index (χ2v) is 22.0. The number of nitrogens with one attached hydrogen (secondary N) is 1. The van der Waals surface area contributed by atoms with Gasteiger partial charge in [-0.1, -0.05) is 25.1 Å². The van der Waals surface area contributed by atoms with Gasteiger partial charge < -0.3 is 0 Å². The van der Waals surface area contributed by atoms with E-state index in [0.29, 0.717) is 0 Å². The third-order valence-electron chi connectivity index (χ3n) is 10.2. The monoisotopic (exact) mass is 648 g/mol. The Morgan fingerprint density at radius 1 is 0.711 bits per heavy atom. The molecule has 0 amide bonds. The zero-order chi connectivity index (χ0) is 31.5. The number of hydrogen-bond donors (Lipinski definition) is 1.